The van der Waals surface area contributed by atoms with Crippen LogP contribution in [0.5, 0.6) is 0 Å². The van der Waals surface area contributed by atoms with Crippen molar-refractivity contribution in [3.63, 3.8) is 0 Å². The highest BCUT2D eigenvalue weighted by Crippen LogP contribution is 2.19. The molecule has 1 aromatic rings. The largest absolute Gasteiger partial charge is 0.450 e. The summed E-state index contributed by atoms with van der Waals surface area (Å²) in [6, 6.07) is 0.273. The van der Waals surface area contributed by atoms with Crippen LogP contribution in [0.1, 0.15) is 25.3 Å². The molecule has 8 heteroatoms. The van der Waals surface area contributed by atoms with Gasteiger partial charge in [-0.25, -0.2) is 15.6 Å². The third-order valence-electron chi connectivity index (χ3n) is 3.46. The van der Waals surface area contributed by atoms with Crippen LogP contribution in [0.4, 0.5) is 16.6 Å². The fourth-order valence-corrected chi connectivity index (χ4v) is 2.27. The van der Waals surface area contributed by atoms with Crippen molar-refractivity contribution >= 4 is 17.9 Å². The van der Waals surface area contributed by atoms with Crippen molar-refractivity contribution in [3.8, 4) is 0 Å². The first kappa shape index (κ1) is 15.3. The molecule has 1 aromatic heterocycles. The minimum atomic E-state index is -0.233. The highest BCUT2D eigenvalue weighted by molar-refractivity contribution is 5.67. The van der Waals surface area contributed by atoms with Crippen LogP contribution in [0.2, 0.25) is 0 Å². The highest BCUT2D eigenvalue weighted by Gasteiger charge is 2.24. The molecule has 0 atom stereocenters. The molecule has 0 aromatic carbocycles. The van der Waals surface area contributed by atoms with Crippen LogP contribution in [0, 0.1) is 6.92 Å². The Morgan fingerprint density at radius 1 is 1.52 bits per heavy atom. The monoisotopic (exact) mass is 294 g/mol. The summed E-state index contributed by atoms with van der Waals surface area (Å²) in [5.41, 5.74) is 3.40. The zero-order valence-corrected chi connectivity index (χ0v) is 12.4. The van der Waals surface area contributed by atoms with E-state index in [1.54, 1.807) is 11.1 Å². The van der Waals surface area contributed by atoms with Crippen molar-refractivity contribution in [1.29, 1.82) is 0 Å². The Morgan fingerprint density at radius 3 is 2.86 bits per heavy atom. The Balaban J connectivity index is 1.90. The van der Waals surface area contributed by atoms with Gasteiger partial charge in [-0.1, -0.05) is 0 Å². The molecule has 0 saturated carbocycles. The molecule has 2 rings (SSSR count). The number of hydrogen-bond donors (Lipinski definition) is 3. The van der Waals surface area contributed by atoms with Gasteiger partial charge in [0.15, 0.2) is 0 Å². The number of carbonyl (C=O) groups excluding carboxylic acids is 1. The van der Waals surface area contributed by atoms with Gasteiger partial charge in [0.25, 0.3) is 0 Å². The molecule has 0 spiro atoms. The fourth-order valence-electron chi connectivity index (χ4n) is 2.27. The molecule has 1 aliphatic rings. The summed E-state index contributed by atoms with van der Waals surface area (Å²) in [6.07, 6.45) is 3.20. The number of carbonyl (C=O) groups is 1. The lowest BCUT2D eigenvalue weighted by atomic mass is 10.1. The number of aromatic nitrogens is 2. The Kier molecular flexibility index (Phi) is 5.15. The average molecular weight is 294 g/mol. The fraction of sp³-hybridized carbons (Fsp3) is 0.615. The number of hydrogen-bond acceptors (Lipinski definition) is 7. The number of nitrogen functional groups attached to an aromatic ring is 1. The Labute approximate surface area is 124 Å². The predicted octanol–water partition coefficient (Wildman–Crippen LogP) is 1.10. The number of aryl methyl sites for hydroxylation is 1. The number of ether oxygens (including phenoxy) is 1. The van der Waals surface area contributed by atoms with Crippen LogP contribution in [0.3, 0.4) is 0 Å². The molecule has 21 heavy (non-hydrogen) atoms. The van der Waals surface area contributed by atoms with E-state index in [4.69, 9.17) is 10.6 Å². The lowest BCUT2D eigenvalue weighted by molar-refractivity contribution is 0.0983. The molecule has 0 bridgehead atoms. The number of rotatable bonds is 4. The molecular weight excluding hydrogens is 272 g/mol. The van der Waals surface area contributed by atoms with Crippen molar-refractivity contribution in [2.45, 2.75) is 32.7 Å². The Hall–Kier alpha value is -2.09. The van der Waals surface area contributed by atoms with Gasteiger partial charge in [0, 0.05) is 30.9 Å². The van der Waals surface area contributed by atoms with Crippen LogP contribution < -0.4 is 16.6 Å². The number of anilines is 2. The number of amides is 1. The summed E-state index contributed by atoms with van der Waals surface area (Å²) in [4.78, 5) is 21.7. The van der Waals surface area contributed by atoms with Crippen molar-refractivity contribution < 1.29 is 9.53 Å². The second kappa shape index (κ2) is 7.07. The molecule has 1 fully saturated rings. The Morgan fingerprint density at radius 2 is 2.24 bits per heavy atom. The average Bonchev–Trinajstić information content (AvgIpc) is 2.50. The van der Waals surface area contributed by atoms with E-state index < -0.39 is 0 Å². The summed E-state index contributed by atoms with van der Waals surface area (Å²) in [6.45, 7) is 5.53. The van der Waals surface area contributed by atoms with Crippen molar-refractivity contribution in [2.24, 2.45) is 5.84 Å². The third kappa shape index (κ3) is 3.94. The summed E-state index contributed by atoms with van der Waals surface area (Å²) in [7, 11) is 0. The van der Waals surface area contributed by atoms with Gasteiger partial charge in [-0.05, 0) is 26.7 Å². The van der Waals surface area contributed by atoms with E-state index in [2.05, 4.69) is 20.7 Å². The van der Waals surface area contributed by atoms with Gasteiger partial charge in [0.2, 0.25) is 5.95 Å². The highest BCUT2D eigenvalue weighted by atomic mass is 16.6. The van der Waals surface area contributed by atoms with Gasteiger partial charge < -0.3 is 15.0 Å². The van der Waals surface area contributed by atoms with E-state index in [0.29, 0.717) is 25.6 Å². The van der Waals surface area contributed by atoms with E-state index in [0.717, 1.165) is 24.2 Å². The first-order chi connectivity index (χ1) is 10.1. The molecule has 0 radical (unpaired) electrons. The van der Waals surface area contributed by atoms with Crippen LogP contribution in [-0.4, -0.2) is 46.7 Å². The van der Waals surface area contributed by atoms with Crippen LogP contribution >= 0.6 is 0 Å². The molecule has 1 saturated heterocycles. The van der Waals surface area contributed by atoms with Crippen LogP contribution in [-0.2, 0) is 4.74 Å². The second-order valence-corrected chi connectivity index (χ2v) is 4.97. The molecule has 1 amide bonds. The Bertz CT molecular complexity index is 488. The van der Waals surface area contributed by atoms with Gasteiger partial charge in [-0.2, -0.15) is 4.98 Å². The normalized spacial score (nSPS) is 15.7. The van der Waals surface area contributed by atoms with E-state index in [1.165, 1.54) is 0 Å². The van der Waals surface area contributed by atoms with Crippen molar-refractivity contribution in [2.75, 3.05) is 30.4 Å². The molecule has 4 N–H and O–H groups in total. The zero-order valence-electron chi connectivity index (χ0n) is 12.4. The number of piperidine rings is 1. The lowest BCUT2D eigenvalue weighted by Crippen LogP contribution is -2.42. The number of nitrogens with two attached hydrogens (primary N) is 1. The molecule has 0 unspecified atom stereocenters. The summed E-state index contributed by atoms with van der Waals surface area (Å²) < 4.78 is 5.01. The molecule has 116 valence electrons. The van der Waals surface area contributed by atoms with Crippen molar-refractivity contribution in [3.05, 3.63) is 11.8 Å². The maximum atomic E-state index is 11.6. The van der Waals surface area contributed by atoms with E-state index in [1.807, 2.05) is 13.8 Å². The molecule has 2 heterocycles. The zero-order chi connectivity index (χ0) is 15.2. The predicted molar refractivity (Wildman–Crippen MR) is 79.8 cm³/mol. The second-order valence-electron chi connectivity index (χ2n) is 4.97. The van der Waals surface area contributed by atoms with Crippen LogP contribution in [0.25, 0.3) is 0 Å². The van der Waals surface area contributed by atoms with Gasteiger partial charge in [0.1, 0.15) is 5.82 Å². The number of nitrogens with one attached hydrogen (secondary N) is 2. The summed E-state index contributed by atoms with van der Waals surface area (Å²) in [5.74, 6) is 6.47. The van der Waals surface area contributed by atoms with E-state index in [9.17, 15) is 4.79 Å². The first-order valence-corrected chi connectivity index (χ1v) is 7.12. The van der Waals surface area contributed by atoms with Crippen molar-refractivity contribution in [1.82, 2.24) is 14.9 Å². The summed E-state index contributed by atoms with van der Waals surface area (Å²) >= 11 is 0. The smallest absolute Gasteiger partial charge is 0.409 e. The van der Waals surface area contributed by atoms with Crippen LogP contribution in [0.15, 0.2) is 6.20 Å². The quantitative estimate of drug-likeness (QED) is 0.564. The first-order valence-electron chi connectivity index (χ1n) is 7.12. The van der Waals surface area contributed by atoms with Gasteiger partial charge in [-0.15, -0.1) is 0 Å². The molecular formula is C13H22N6O2. The van der Waals surface area contributed by atoms with E-state index >= 15 is 0 Å². The topological polar surface area (TPSA) is 105 Å². The molecule has 1 aliphatic heterocycles. The van der Waals surface area contributed by atoms with Gasteiger partial charge in [0.05, 0.1) is 6.61 Å². The van der Waals surface area contributed by atoms with Gasteiger partial charge >= 0.3 is 6.09 Å². The third-order valence-corrected chi connectivity index (χ3v) is 3.46. The summed E-state index contributed by atoms with van der Waals surface area (Å²) in [5, 5.41) is 3.39. The lowest BCUT2D eigenvalue weighted by Gasteiger charge is -2.32. The van der Waals surface area contributed by atoms with E-state index in [-0.39, 0.29) is 12.1 Å². The minimum absolute atomic E-state index is 0.233. The van der Waals surface area contributed by atoms with Gasteiger partial charge in [-0.3, -0.25) is 5.43 Å². The standard InChI is InChI=1S/C13H22N6O2/c1-3-21-13(20)19-6-4-10(5-7-19)16-11-9(2)8-15-12(17-11)18-14/h8,10H,3-7,14H2,1-2H3,(H2,15,16,17,18). The SMILES string of the molecule is CCOC(=O)N1CCC(Nc2nc(NN)ncc2C)CC1. The maximum absolute atomic E-state index is 11.6. The minimum Gasteiger partial charge on any atom is -0.450 e. The number of nitrogens with zero attached hydrogens (tertiary/aromatic N) is 3. The maximum Gasteiger partial charge on any atom is 0.409 e. The number of hydrazine groups is 1. The number of likely N-dealkylation sites (tertiary alicyclic amines) is 1. The molecule has 0 aliphatic carbocycles. The molecule has 8 nitrogen and oxygen atoms in total.